The largest absolute Gasteiger partial charge is 0.480 e. The zero-order valence-electron chi connectivity index (χ0n) is 11.8. The van der Waals surface area contributed by atoms with Gasteiger partial charge in [-0.05, 0) is 22.4 Å². The molecule has 0 spiro atoms. The van der Waals surface area contributed by atoms with E-state index in [0.29, 0.717) is 0 Å². The summed E-state index contributed by atoms with van der Waals surface area (Å²) < 4.78 is 0. The van der Waals surface area contributed by atoms with Gasteiger partial charge in [-0.15, -0.1) is 0 Å². The van der Waals surface area contributed by atoms with Crippen LogP contribution in [0.1, 0.15) is 5.56 Å². The van der Waals surface area contributed by atoms with Crippen molar-refractivity contribution in [1.82, 2.24) is 4.90 Å². The summed E-state index contributed by atoms with van der Waals surface area (Å²) in [7, 11) is 1.48. The highest BCUT2D eigenvalue weighted by Crippen LogP contribution is 2.21. The minimum Gasteiger partial charge on any atom is -0.480 e. The molecule has 0 aliphatic carbocycles. The number of nitrogens with zero attached hydrogens (tertiary/aromatic N) is 1. The smallest absolute Gasteiger partial charge is 0.326 e. The summed E-state index contributed by atoms with van der Waals surface area (Å²) in [6.07, 6.45) is 1.38. The summed E-state index contributed by atoms with van der Waals surface area (Å²) in [5, 5.41) is 11.5. The van der Waals surface area contributed by atoms with Crippen LogP contribution in [-0.2, 0) is 16.0 Å². The molecule has 4 heteroatoms. The molecule has 0 bridgehead atoms. The van der Waals surface area contributed by atoms with E-state index in [4.69, 9.17) is 0 Å². The van der Waals surface area contributed by atoms with Crippen LogP contribution in [0.5, 0.6) is 0 Å². The highest BCUT2D eigenvalue weighted by molar-refractivity contribution is 5.91. The molecule has 2 aromatic rings. The maximum atomic E-state index is 11.7. The van der Waals surface area contributed by atoms with Crippen molar-refractivity contribution < 1.29 is 14.7 Å². The number of likely N-dealkylation sites (N-methyl/N-ethyl adjacent to an activating group) is 1. The highest BCUT2D eigenvalue weighted by Gasteiger charge is 2.26. The molecule has 21 heavy (non-hydrogen) atoms. The van der Waals surface area contributed by atoms with E-state index in [1.165, 1.54) is 11.9 Å². The van der Waals surface area contributed by atoms with Crippen molar-refractivity contribution in [1.29, 1.82) is 0 Å². The second-order valence-electron chi connectivity index (χ2n) is 4.85. The molecule has 0 fully saturated rings. The number of rotatable bonds is 5. The van der Waals surface area contributed by atoms with E-state index in [0.717, 1.165) is 22.4 Å². The Morgan fingerprint density at radius 1 is 1.24 bits per heavy atom. The molecule has 1 N–H and O–H groups in total. The molecule has 0 saturated carbocycles. The van der Waals surface area contributed by atoms with Crippen LogP contribution in [0.4, 0.5) is 0 Å². The first-order valence-corrected chi connectivity index (χ1v) is 6.63. The Bertz CT molecular complexity index is 688. The number of carboxylic acids is 1. The Morgan fingerprint density at radius 3 is 2.57 bits per heavy atom. The number of aliphatic carboxylic acids is 1. The van der Waals surface area contributed by atoms with Crippen LogP contribution in [0.25, 0.3) is 10.8 Å². The van der Waals surface area contributed by atoms with E-state index in [1.807, 2.05) is 42.5 Å². The van der Waals surface area contributed by atoms with E-state index >= 15 is 0 Å². The maximum absolute atomic E-state index is 11.7. The number of carboxylic acid groups (broad SMARTS) is 1. The molecule has 0 radical (unpaired) electrons. The summed E-state index contributed by atoms with van der Waals surface area (Å²) in [6.45, 7) is 3.40. The zero-order chi connectivity index (χ0) is 15.4. The number of carbonyl (C=O) groups excluding carboxylic acids is 1. The highest BCUT2D eigenvalue weighted by atomic mass is 16.4. The van der Waals surface area contributed by atoms with E-state index in [9.17, 15) is 14.7 Å². The minimum absolute atomic E-state index is 0.257. The Kier molecular flexibility index (Phi) is 4.38. The summed E-state index contributed by atoms with van der Waals surface area (Å²) >= 11 is 0. The lowest BCUT2D eigenvalue weighted by atomic mass is 9.98. The van der Waals surface area contributed by atoms with E-state index in [1.54, 1.807) is 0 Å². The lowest BCUT2D eigenvalue weighted by Gasteiger charge is -2.24. The molecule has 4 nitrogen and oxygen atoms in total. The first-order chi connectivity index (χ1) is 10.0. The molecule has 1 amide bonds. The quantitative estimate of drug-likeness (QED) is 0.858. The normalized spacial score (nSPS) is 11.9. The van der Waals surface area contributed by atoms with Crippen molar-refractivity contribution in [3.8, 4) is 0 Å². The van der Waals surface area contributed by atoms with Gasteiger partial charge >= 0.3 is 5.97 Å². The predicted molar refractivity (Wildman–Crippen MR) is 82.0 cm³/mol. The first kappa shape index (κ1) is 14.8. The molecule has 0 aliphatic rings. The van der Waals surface area contributed by atoms with Crippen LogP contribution in [0.3, 0.4) is 0 Å². The van der Waals surface area contributed by atoms with Crippen molar-refractivity contribution in [2.75, 3.05) is 7.05 Å². The monoisotopic (exact) mass is 283 g/mol. The van der Waals surface area contributed by atoms with Gasteiger partial charge in [0, 0.05) is 13.5 Å². The number of fused-ring (bicyclic) bond motifs is 1. The van der Waals surface area contributed by atoms with Crippen molar-refractivity contribution in [3.05, 3.63) is 60.7 Å². The molecule has 2 aromatic carbocycles. The fraction of sp³-hybridized carbons (Fsp3) is 0.176. The summed E-state index contributed by atoms with van der Waals surface area (Å²) in [4.78, 5) is 24.3. The third-order valence-corrected chi connectivity index (χ3v) is 3.57. The van der Waals surface area contributed by atoms with Crippen LogP contribution in [0, 0.1) is 0 Å². The van der Waals surface area contributed by atoms with Crippen molar-refractivity contribution in [2.45, 2.75) is 12.5 Å². The number of hydrogen-bond acceptors (Lipinski definition) is 2. The van der Waals surface area contributed by atoms with E-state index in [2.05, 4.69) is 6.58 Å². The van der Waals surface area contributed by atoms with Gasteiger partial charge < -0.3 is 10.0 Å². The fourth-order valence-corrected chi connectivity index (χ4v) is 2.37. The van der Waals surface area contributed by atoms with Gasteiger partial charge in [-0.1, -0.05) is 49.0 Å². The molecule has 0 heterocycles. The molecule has 0 aliphatic heterocycles. The van der Waals surface area contributed by atoms with Crippen LogP contribution < -0.4 is 0 Å². The average Bonchev–Trinajstić information content (AvgIpc) is 2.50. The summed E-state index contributed by atoms with van der Waals surface area (Å²) in [6, 6.07) is 12.6. The molecule has 0 saturated heterocycles. The minimum atomic E-state index is -1.03. The third-order valence-electron chi connectivity index (χ3n) is 3.57. The fourth-order valence-electron chi connectivity index (χ4n) is 2.37. The average molecular weight is 283 g/mol. The number of benzene rings is 2. The van der Waals surface area contributed by atoms with E-state index in [-0.39, 0.29) is 6.42 Å². The van der Waals surface area contributed by atoms with Gasteiger partial charge in [-0.2, -0.15) is 0 Å². The maximum Gasteiger partial charge on any atom is 0.326 e. The molecule has 0 aromatic heterocycles. The second kappa shape index (κ2) is 6.22. The molecular weight excluding hydrogens is 266 g/mol. The molecule has 1 atom stereocenters. The van der Waals surface area contributed by atoms with Crippen LogP contribution in [0.2, 0.25) is 0 Å². The predicted octanol–water partition coefficient (Wildman–Crippen LogP) is 2.48. The Labute approximate surface area is 123 Å². The van der Waals surface area contributed by atoms with Gasteiger partial charge in [0.05, 0.1) is 0 Å². The van der Waals surface area contributed by atoms with E-state index < -0.39 is 17.9 Å². The number of amides is 1. The zero-order valence-corrected chi connectivity index (χ0v) is 11.8. The Hall–Kier alpha value is -2.62. The summed E-state index contributed by atoms with van der Waals surface area (Å²) in [5.74, 6) is -1.43. The SMILES string of the molecule is C=CC(=O)N(C)C(Cc1cccc2ccccc12)C(=O)O. The van der Waals surface area contributed by atoms with Crippen LogP contribution in [-0.4, -0.2) is 35.0 Å². The number of carbonyl (C=O) groups is 2. The standard InChI is InChI=1S/C17H17NO3/c1-3-16(19)18(2)15(17(20)21)11-13-9-6-8-12-7-4-5-10-14(12)13/h3-10,15H,1,11H2,2H3,(H,20,21). The van der Waals surface area contributed by atoms with Crippen molar-refractivity contribution in [2.24, 2.45) is 0 Å². The molecule has 108 valence electrons. The van der Waals surface area contributed by atoms with Gasteiger partial charge in [0.25, 0.3) is 0 Å². The molecule has 1 unspecified atom stereocenters. The molecule has 2 rings (SSSR count). The van der Waals surface area contributed by atoms with Gasteiger partial charge in [0.1, 0.15) is 6.04 Å². The van der Waals surface area contributed by atoms with Gasteiger partial charge in [0.15, 0.2) is 0 Å². The number of hydrogen-bond donors (Lipinski definition) is 1. The Balaban J connectivity index is 2.38. The lowest BCUT2D eigenvalue weighted by molar-refractivity contribution is -0.147. The van der Waals surface area contributed by atoms with Gasteiger partial charge in [-0.25, -0.2) is 4.79 Å². The van der Waals surface area contributed by atoms with Gasteiger partial charge in [-0.3, -0.25) is 4.79 Å². The Morgan fingerprint density at radius 2 is 1.90 bits per heavy atom. The second-order valence-corrected chi connectivity index (χ2v) is 4.85. The topological polar surface area (TPSA) is 57.6 Å². The van der Waals surface area contributed by atoms with Crippen molar-refractivity contribution >= 4 is 22.6 Å². The molecular formula is C17H17NO3. The van der Waals surface area contributed by atoms with Crippen molar-refractivity contribution in [3.63, 3.8) is 0 Å². The summed E-state index contributed by atoms with van der Waals surface area (Å²) in [5.41, 5.74) is 0.907. The lowest BCUT2D eigenvalue weighted by Crippen LogP contribution is -2.43. The first-order valence-electron chi connectivity index (χ1n) is 6.63. The third kappa shape index (κ3) is 3.11. The van der Waals surface area contributed by atoms with Crippen LogP contribution >= 0.6 is 0 Å². The van der Waals surface area contributed by atoms with Gasteiger partial charge in [0.2, 0.25) is 5.91 Å². The van der Waals surface area contributed by atoms with Crippen LogP contribution in [0.15, 0.2) is 55.1 Å².